The van der Waals surface area contributed by atoms with E-state index in [0.29, 0.717) is 17.9 Å². The van der Waals surface area contributed by atoms with Crippen molar-refractivity contribution in [3.8, 4) is 0 Å². The summed E-state index contributed by atoms with van der Waals surface area (Å²) in [4.78, 5) is 11.9. The molecule has 1 amide bonds. The Morgan fingerprint density at radius 2 is 1.86 bits per heavy atom. The van der Waals surface area contributed by atoms with Gasteiger partial charge in [0, 0.05) is 18.0 Å². The van der Waals surface area contributed by atoms with Gasteiger partial charge in [0.05, 0.1) is 6.10 Å². The van der Waals surface area contributed by atoms with Gasteiger partial charge in [-0.3, -0.25) is 4.79 Å². The number of aliphatic hydroxyl groups is 1. The fourth-order valence-corrected chi connectivity index (χ4v) is 2.55. The highest BCUT2D eigenvalue weighted by Crippen LogP contribution is 2.17. The van der Waals surface area contributed by atoms with Crippen LogP contribution in [0.15, 0.2) is 48.5 Å². The number of benzene rings is 2. The largest absolute Gasteiger partial charge is 0.387 e. The van der Waals surface area contributed by atoms with Crippen LogP contribution in [0.4, 0.5) is 0 Å². The van der Waals surface area contributed by atoms with Crippen LogP contribution in [0.3, 0.4) is 0 Å². The van der Waals surface area contributed by atoms with Gasteiger partial charge in [-0.25, -0.2) is 0 Å². The summed E-state index contributed by atoms with van der Waals surface area (Å²) in [6, 6.07) is 15.1. The normalized spacial score (nSPS) is 12.0. The first-order valence-electron chi connectivity index (χ1n) is 7.31. The Morgan fingerprint density at radius 3 is 2.59 bits per heavy atom. The highest BCUT2D eigenvalue weighted by Gasteiger charge is 2.11. The van der Waals surface area contributed by atoms with E-state index in [2.05, 4.69) is 5.32 Å². The van der Waals surface area contributed by atoms with Gasteiger partial charge in [-0.05, 0) is 36.1 Å². The summed E-state index contributed by atoms with van der Waals surface area (Å²) in [6.45, 7) is 2.16. The molecule has 0 spiro atoms. The maximum absolute atomic E-state index is 11.9. The van der Waals surface area contributed by atoms with Crippen molar-refractivity contribution in [3.63, 3.8) is 0 Å². The monoisotopic (exact) mass is 317 g/mol. The number of hydrogen-bond acceptors (Lipinski definition) is 2. The molecule has 1 unspecified atom stereocenters. The van der Waals surface area contributed by atoms with Crippen LogP contribution in [-0.4, -0.2) is 17.6 Å². The van der Waals surface area contributed by atoms with Gasteiger partial charge in [0.15, 0.2) is 0 Å². The van der Waals surface area contributed by atoms with Crippen molar-refractivity contribution < 1.29 is 9.90 Å². The lowest BCUT2D eigenvalue weighted by molar-refractivity contribution is -0.121. The van der Waals surface area contributed by atoms with Crippen LogP contribution < -0.4 is 5.32 Å². The number of carbonyl (C=O) groups excluding carboxylic acids is 1. The van der Waals surface area contributed by atoms with E-state index in [-0.39, 0.29) is 12.5 Å². The van der Waals surface area contributed by atoms with E-state index in [1.165, 1.54) is 0 Å². The quantitative estimate of drug-likeness (QED) is 0.857. The van der Waals surface area contributed by atoms with Gasteiger partial charge in [0.1, 0.15) is 0 Å². The fraction of sp³-hybridized carbons (Fsp3) is 0.278. The number of amides is 1. The standard InChI is InChI=1S/C18H20ClNO2/c1-13-6-2-4-8-15(13)17(21)12-20-18(22)11-10-14-7-3-5-9-16(14)19/h2-9,17,21H,10-12H2,1H3,(H,20,22). The van der Waals surface area contributed by atoms with Gasteiger partial charge in [0.2, 0.25) is 5.91 Å². The zero-order valence-corrected chi connectivity index (χ0v) is 13.3. The summed E-state index contributed by atoms with van der Waals surface area (Å²) in [5.41, 5.74) is 2.81. The van der Waals surface area contributed by atoms with Crippen molar-refractivity contribution >= 4 is 17.5 Å². The van der Waals surface area contributed by atoms with Gasteiger partial charge in [-0.15, -0.1) is 0 Å². The van der Waals surface area contributed by atoms with Gasteiger partial charge in [-0.1, -0.05) is 54.1 Å². The molecule has 0 heterocycles. The molecule has 2 N–H and O–H groups in total. The molecule has 3 nitrogen and oxygen atoms in total. The Hall–Kier alpha value is -1.84. The van der Waals surface area contributed by atoms with E-state index in [0.717, 1.165) is 16.7 Å². The number of halogens is 1. The molecule has 2 aromatic carbocycles. The molecular weight excluding hydrogens is 298 g/mol. The minimum Gasteiger partial charge on any atom is -0.387 e. The molecule has 0 aliphatic carbocycles. The van der Waals surface area contributed by atoms with E-state index in [1.54, 1.807) is 0 Å². The Morgan fingerprint density at radius 1 is 1.18 bits per heavy atom. The summed E-state index contributed by atoms with van der Waals surface area (Å²) in [7, 11) is 0. The zero-order chi connectivity index (χ0) is 15.9. The number of carbonyl (C=O) groups is 1. The number of aliphatic hydroxyl groups excluding tert-OH is 1. The Balaban J connectivity index is 1.81. The SMILES string of the molecule is Cc1ccccc1C(O)CNC(=O)CCc1ccccc1Cl. The highest BCUT2D eigenvalue weighted by atomic mass is 35.5. The molecule has 0 bridgehead atoms. The number of hydrogen-bond donors (Lipinski definition) is 2. The molecule has 116 valence electrons. The fourth-order valence-electron chi connectivity index (χ4n) is 2.32. The van der Waals surface area contributed by atoms with Gasteiger partial charge >= 0.3 is 0 Å². The number of nitrogens with one attached hydrogen (secondary N) is 1. The first kappa shape index (κ1) is 16.5. The van der Waals surface area contributed by atoms with Crippen LogP contribution in [0, 0.1) is 6.92 Å². The van der Waals surface area contributed by atoms with Crippen LogP contribution in [-0.2, 0) is 11.2 Å². The molecule has 0 saturated carbocycles. The average Bonchev–Trinajstić information content (AvgIpc) is 2.52. The van der Waals surface area contributed by atoms with Crippen LogP contribution >= 0.6 is 11.6 Å². The molecule has 0 aliphatic rings. The third-order valence-corrected chi connectivity index (χ3v) is 3.99. The minimum absolute atomic E-state index is 0.0902. The lowest BCUT2D eigenvalue weighted by Crippen LogP contribution is -2.28. The maximum atomic E-state index is 11.9. The second kappa shape index (κ2) is 7.97. The average molecular weight is 318 g/mol. The molecule has 0 aromatic heterocycles. The molecule has 0 aliphatic heterocycles. The molecule has 0 fully saturated rings. The number of rotatable bonds is 6. The molecule has 0 saturated heterocycles. The van der Waals surface area contributed by atoms with E-state index < -0.39 is 6.10 Å². The van der Waals surface area contributed by atoms with E-state index in [1.807, 2.05) is 55.5 Å². The lowest BCUT2D eigenvalue weighted by Gasteiger charge is -2.14. The first-order valence-corrected chi connectivity index (χ1v) is 7.69. The summed E-state index contributed by atoms with van der Waals surface area (Å²) in [5, 5.41) is 13.6. The first-order chi connectivity index (χ1) is 10.6. The minimum atomic E-state index is -0.689. The third kappa shape index (κ3) is 4.58. The molecule has 4 heteroatoms. The van der Waals surface area contributed by atoms with Crippen molar-refractivity contribution in [2.24, 2.45) is 0 Å². The van der Waals surface area contributed by atoms with Crippen LogP contribution in [0.2, 0.25) is 5.02 Å². The number of aryl methyl sites for hydroxylation is 2. The maximum Gasteiger partial charge on any atom is 0.220 e. The van der Waals surface area contributed by atoms with E-state index in [9.17, 15) is 9.90 Å². The van der Waals surface area contributed by atoms with Gasteiger partial charge in [0.25, 0.3) is 0 Å². The lowest BCUT2D eigenvalue weighted by atomic mass is 10.0. The summed E-state index contributed by atoms with van der Waals surface area (Å²) in [5.74, 6) is -0.0902. The second-order valence-corrected chi connectivity index (χ2v) is 5.68. The second-order valence-electron chi connectivity index (χ2n) is 5.27. The predicted molar refractivity (Wildman–Crippen MR) is 88.9 cm³/mol. The molecule has 2 rings (SSSR count). The summed E-state index contributed by atoms with van der Waals surface area (Å²) >= 11 is 6.06. The van der Waals surface area contributed by atoms with Crippen LogP contribution in [0.1, 0.15) is 29.2 Å². The Bertz CT molecular complexity index is 642. The summed E-state index contributed by atoms with van der Waals surface area (Å²) in [6.07, 6.45) is 0.251. The van der Waals surface area contributed by atoms with Crippen LogP contribution in [0.25, 0.3) is 0 Å². The Labute approximate surface area is 135 Å². The third-order valence-electron chi connectivity index (χ3n) is 3.62. The van der Waals surface area contributed by atoms with Crippen LogP contribution in [0.5, 0.6) is 0 Å². The van der Waals surface area contributed by atoms with Crippen molar-refractivity contribution in [1.82, 2.24) is 5.32 Å². The molecule has 1 atom stereocenters. The Kier molecular flexibility index (Phi) is 5.99. The topological polar surface area (TPSA) is 49.3 Å². The van der Waals surface area contributed by atoms with Crippen molar-refractivity contribution in [3.05, 3.63) is 70.2 Å². The molecule has 2 aromatic rings. The summed E-state index contributed by atoms with van der Waals surface area (Å²) < 4.78 is 0. The van der Waals surface area contributed by atoms with Gasteiger partial charge in [-0.2, -0.15) is 0 Å². The highest BCUT2D eigenvalue weighted by molar-refractivity contribution is 6.31. The van der Waals surface area contributed by atoms with Crippen molar-refractivity contribution in [2.75, 3.05) is 6.54 Å². The van der Waals surface area contributed by atoms with E-state index in [4.69, 9.17) is 11.6 Å². The predicted octanol–water partition coefficient (Wildman–Crippen LogP) is 3.43. The smallest absolute Gasteiger partial charge is 0.220 e. The van der Waals surface area contributed by atoms with E-state index >= 15 is 0 Å². The molecule has 0 radical (unpaired) electrons. The molecule has 22 heavy (non-hydrogen) atoms. The molecular formula is C18H20ClNO2. The van der Waals surface area contributed by atoms with Gasteiger partial charge < -0.3 is 10.4 Å². The van der Waals surface area contributed by atoms with Crippen molar-refractivity contribution in [2.45, 2.75) is 25.9 Å². The van der Waals surface area contributed by atoms with Crippen molar-refractivity contribution in [1.29, 1.82) is 0 Å². The zero-order valence-electron chi connectivity index (χ0n) is 12.6.